The van der Waals surface area contributed by atoms with Crippen molar-refractivity contribution < 1.29 is 4.74 Å². The van der Waals surface area contributed by atoms with Gasteiger partial charge in [0, 0.05) is 10.9 Å². The van der Waals surface area contributed by atoms with Crippen LogP contribution in [-0.4, -0.2) is 7.11 Å². The molecule has 0 saturated carbocycles. The van der Waals surface area contributed by atoms with Gasteiger partial charge < -0.3 is 4.74 Å². The zero-order valence-corrected chi connectivity index (χ0v) is 8.31. The first-order chi connectivity index (χ1) is 5.24. The second kappa shape index (κ2) is 3.77. The first-order valence-corrected chi connectivity index (χ1v) is 4.30. The van der Waals surface area contributed by atoms with E-state index in [9.17, 15) is 0 Å². The molecular weight excluding hydrogens is 204 g/mol. The van der Waals surface area contributed by atoms with Crippen molar-refractivity contribution in [3.8, 4) is 0 Å². The predicted molar refractivity (Wildman–Crippen MR) is 50.5 cm³/mol. The summed E-state index contributed by atoms with van der Waals surface area (Å²) in [6.07, 6.45) is 6.91. The number of rotatable bonds is 1. The lowest BCUT2D eigenvalue weighted by atomic mass is 10.2. The van der Waals surface area contributed by atoms with Crippen LogP contribution in [0.5, 0.6) is 0 Å². The second-order valence-corrected chi connectivity index (χ2v) is 3.42. The first kappa shape index (κ1) is 8.60. The van der Waals surface area contributed by atoms with Crippen LogP contribution in [-0.2, 0) is 4.74 Å². The lowest BCUT2D eigenvalue weighted by Gasteiger charge is -2.03. The van der Waals surface area contributed by atoms with E-state index in [2.05, 4.69) is 28.9 Å². The summed E-state index contributed by atoms with van der Waals surface area (Å²) >= 11 is 3.49. The molecule has 0 saturated heterocycles. The molecule has 0 aliphatic heterocycles. The van der Waals surface area contributed by atoms with Crippen molar-refractivity contribution in [2.24, 2.45) is 0 Å². The number of methoxy groups -OCH3 is 1. The number of halogens is 1. The summed E-state index contributed by atoms with van der Waals surface area (Å²) < 4.78 is 6.33. The zero-order valence-electron chi connectivity index (χ0n) is 6.73. The smallest absolute Gasteiger partial charge is 0.100 e. The molecule has 0 amide bonds. The average molecular weight is 215 g/mol. The van der Waals surface area contributed by atoms with Crippen molar-refractivity contribution in [1.29, 1.82) is 0 Å². The zero-order chi connectivity index (χ0) is 8.27. The Kier molecular flexibility index (Phi) is 2.94. The average Bonchev–Trinajstić information content (AvgIpc) is 2.15. The van der Waals surface area contributed by atoms with Gasteiger partial charge >= 0.3 is 0 Å². The van der Waals surface area contributed by atoms with Crippen molar-refractivity contribution in [3.63, 3.8) is 0 Å². The molecular formula is C9H11BrO. The molecule has 0 spiro atoms. The fourth-order valence-corrected chi connectivity index (χ4v) is 1.29. The first-order valence-electron chi connectivity index (χ1n) is 3.50. The molecule has 0 heterocycles. The van der Waals surface area contributed by atoms with Gasteiger partial charge in [-0.2, -0.15) is 0 Å². The molecule has 1 nitrogen and oxygen atoms in total. The molecule has 0 aromatic rings. The standard InChI is InChI=1S/C9H11BrO/c1-7-4-3-5-8(11-2)6-9(7)10/h3-5H,6H2,1-2H3. The maximum atomic E-state index is 5.14. The fraction of sp³-hybridized carbons (Fsp3) is 0.333. The molecule has 11 heavy (non-hydrogen) atoms. The molecule has 0 N–H and O–H groups in total. The van der Waals surface area contributed by atoms with E-state index < -0.39 is 0 Å². The Balaban J connectivity index is 2.84. The predicted octanol–water partition coefficient (Wildman–Crippen LogP) is 3.15. The molecule has 60 valence electrons. The Bertz CT molecular complexity index is 236. The summed E-state index contributed by atoms with van der Waals surface area (Å²) in [5.74, 6) is 0.991. The van der Waals surface area contributed by atoms with Crippen LogP contribution in [0.4, 0.5) is 0 Å². The largest absolute Gasteiger partial charge is 0.501 e. The van der Waals surface area contributed by atoms with Crippen LogP contribution in [0, 0.1) is 0 Å². The Morgan fingerprint density at radius 1 is 1.55 bits per heavy atom. The van der Waals surface area contributed by atoms with Gasteiger partial charge in [0.05, 0.1) is 7.11 Å². The van der Waals surface area contributed by atoms with Crippen LogP contribution in [0.25, 0.3) is 0 Å². The molecule has 1 aliphatic rings. The van der Waals surface area contributed by atoms with Gasteiger partial charge in [-0.1, -0.05) is 28.1 Å². The highest BCUT2D eigenvalue weighted by molar-refractivity contribution is 9.11. The molecule has 0 bridgehead atoms. The van der Waals surface area contributed by atoms with Crippen molar-refractivity contribution in [3.05, 3.63) is 34.0 Å². The molecule has 0 aromatic heterocycles. The van der Waals surface area contributed by atoms with Gasteiger partial charge in [-0.25, -0.2) is 0 Å². The SMILES string of the molecule is COC1=CC=CC(C)=C(Br)C1. The van der Waals surface area contributed by atoms with Crippen LogP contribution in [0.15, 0.2) is 34.0 Å². The van der Waals surface area contributed by atoms with Crippen LogP contribution in [0.1, 0.15) is 13.3 Å². The van der Waals surface area contributed by atoms with Gasteiger partial charge in [-0.3, -0.25) is 0 Å². The highest BCUT2D eigenvalue weighted by Gasteiger charge is 2.03. The van der Waals surface area contributed by atoms with Crippen molar-refractivity contribution in [2.45, 2.75) is 13.3 Å². The Hall–Kier alpha value is -0.500. The summed E-state index contributed by atoms with van der Waals surface area (Å²) in [5, 5.41) is 0. The molecule has 1 rings (SSSR count). The van der Waals surface area contributed by atoms with E-state index in [4.69, 9.17) is 4.74 Å². The topological polar surface area (TPSA) is 9.23 Å². The van der Waals surface area contributed by atoms with Gasteiger partial charge in [-0.15, -0.1) is 0 Å². The number of hydrogen-bond donors (Lipinski definition) is 0. The number of hydrogen-bond acceptors (Lipinski definition) is 1. The highest BCUT2D eigenvalue weighted by Crippen LogP contribution is 2.24. The molecule has 0 radical (unpaired) electrons. The highest BCUT2D eigenvalue weighted by atomic mass is 79.9. The van der Waals surface area contributed by atoms with Gasteiger partial charge in [-0.05, 0) is 18.6 Å². The van der Waals surface area contributed by atoms with Gasteiger partial charge in [0.15, 0.2) is 0 Å². The lowest BCUT2D eigenvalue weighted by molar-refractivity contribution is 0.284. The second-order valence-electron chi connectivity index (χ2n) is 2.46. The van der Waals surface area contributed by atoms with Crippen molar-refractivity contribution in [1.82, 2.24) is 0 Å². The number of ether oxygens (including phenoxy) is 1. The van der Waals surface area contributed by atoms with Gasteiger partial charge in [0.25, 0.3) is 0 Å². The quantitative estimate of drug-likeness (QED) is 0.652. The van der Waals surface area contributed by atoms with E-state index >= 15 is 0 Å². The summed E-state index contributed by atoms with van der Waals surface area (Å²) in [4.78, 5) is 0. The van der Waals surface area contributed by atoms with E-state index in [0.717, 1.165) is 12.2 Å². The van der Waals surface area contributed by atoms with Crippen LogP contribution in [0.2, 0.25) is 0 Å². The normalized spacial score (nSPS) is 17.9. The minimum atomic E-state index is 0.856. The van der Waals surface area contributed by atoms with E-state index in [1.165, 1.54) is 10.1 Å². The third kappa shape index (κ3) is 2.22. The lowest BCUT2D eigenvalue weighted by Crippen LogP contribution is -1.85. The van der Waals surface area contributed by atoms with Crippen LogP contribution in [0.3, 0.4) is 0 Å². The minimum absolute atomic E-state index is 0.856. The summed E-state index contributed by atoms with van der Waals surface area (Å²) in [6, 6.07) is 0. The fourth-order valence-electron chi connectivity index (χ4n) is 0.882. The Labute approximate surface area is 75.6 Å². The minimum Gasteiger partial charge on any atom is -0.501 e. The van der Waals surface area contributed by atoms with Crippen molar-refractivity contribution >= 4 is 15.9 Å². The maximum absolute atomic E-state index is 5.14. The summed E-state index contributed by atoms with van der Waals surface area (Å²) in [6.45, 7) is 2.08. The Morgan fingerprint density at radius 2 is 2.27 bits per heavy atom. The molecule has 2 heteroatoms. The van der Waals surface area contributed by atoms with E-state index in [1.807, 2.05) is 12.2 Å². The maximum Gasteiger partial charge on any atom is 0.100 e. The molecule has 0 unspecified atom stereocenters. The van der Waals surface area contributed by atoms with E-state index in [1.54, 1.807) is 7.11 Å². The summed E-state index contributed by atoms with van der Waals surface area (Å²) in [7, 11) is 1.70. The summed E-state index contributed by atoms with van der Waals surface area (Å²) in [5.41, 5.74) is 1.26. The van der Waals surface area contributed by atoms with Gasteiger partial charge in [0.1, 0.15) is 5.76 Å². The molecule has 0 atom stereocenters. The molecule has 0 aromatic carbocycles. The third-order valence-corrected chi connectivity index (χ3v) is 2.55. The monoisotopic (exact) mass is 214 g/mol. The number of allylic oxidation sites excluding steroid dienone is 5. The Morgan fingerprint density at radius 3 is 2.91 bits per heavy atom. The van der Waals surface area contributed by atoms with E-state index in [-0.39, 0.29) is 0 Å². The van der Waals surface area contributed by atoms with Gasteiger partial charge in [0.2, 0.25) is 0 Å². The van der Waals surface area contributed by atoms with E-state index in [0.29, 0.717) is 0 Å². The molecule has 0 fully saturated rings. The molecule has 1 aliphatic carbocycles. The van der Waals surface area contributed by atoms with Crippen LogP contribution < -0.4 is 0 Å². The van der Waals surface area contributed by atoms with Crippen molar-refractivity contribution in [2.75, 3.05) is 7.11 Å². The third-order valence-electron chi connectivity index (χ3n) is 1.65. The van der Waals surface area contributed by atoms with Crippen LogP contribution >= 0.6 is 15.9 Å².